The van der Waals surface area contributed by atoms with Gasteiger partial charge in [-0.05, 0) is 50.3 Å². The van der Waals surface area contributed by atoms with Crippen LogP contribution in [0.3, 0.4) is 0 Å². The van der Waals surface area contributed by atoms with Gasteiger partial charge in [-0.15, -0.1) is 10.2 Å². The third kappa shape index (κ3) is 6.11. The average Bonchev–Trinajstić information content (AvgIpc) is 3.55. The van der Waals surface area contributed by atoms with E-state index in [0.717, 1.165) is 50.1 Å². The minimum absolute atomic E-state index is 0.0517. The smallest absolute Gasteiger partial charge is 0.233 e. The van der Waals surface area contributed by atoms with Crippen molar-refractivity contribution in [2.24, 2.45) is 5.92 Å². The zero-order chi connectivity index (χ0) is 22.3. The number of carbonyl (C=O) groups is 1. The van der Waals surface area contributed by atoms with Gasteiger partial charge in [0.15, 0.2) is 5.16 Å². The summed E-state index contributed by atoms with van der Waals surface area (Å²) < 4.78 is 7.86. The minimum atomic E-state index is -0.227. The van der Waals surface area contributed by atoms with Gasteiger partial charge in [-0.2, -0.15) is 0 Å². The van der Waals surface area contributed by atoms with Crippen LogP contribution in [0, 0.1) is 5.92 Å². The first kappa shape index (κ1) is 23.3. The van der Waals surface area contributed by atoms with Crippen LogP contribution >= 0.6 is 11.8 Å². The summed E-state index contributed by atoms with van der Waals surface area (Å²) >= 11 is 1.53. The zero-order valence-electron chi connectivity index (χ0n) is 19.2. The van der Waals surface area contributed by atoms with Crippen LogP contribution in [-0.2, 0) is 22.6 Å². The standard InChI is InChI=1S/C24H35N5O2S/c1-18(2)22(23(30)25-15-20-11-8-14-31-20)32-24-27-26-21(17-28-12-6-7-13-28)29(24)16-19-9-4-3-5-10-19/h3-5,9-10,18,20,22H,6-8,11-17H2,1-2H3,(H,25,30). The van der Waals surface area contributed by atoms with Crippen LogP contribution in [0.5, 0.6) is 0 Å². The first-order chi connectivity index (χ1) is 15.6. The number of carbonyl (C=O) groups excluding carboxylic acids is 1. The topological polar surface area (TPSA) is 72.3 Å². The number of hydrogen-bond donors (Lipinski definition) is 1. The lowest BCUT2D eigenvalue weighted by Crippen LogP contribution is -2.39. The van der Waals surface area contributed by atoms with Crippen molar-refractivity contribution in [1.29, 1.82) is 0 Å². The summed E-state index contributed by atoms with van der Waals surface area (Å²) in [4.78, 5) is 15.5. The Morgan fingerprint density at radius 1 is 1.16 bits per heavy atom. The van der Waals surface area contributed by atoms with E-state index in [0.29, 0.717) is 13.1 Å². The highest BCUT2D eigenvalue weighted by Gasteiger charge is 2.28. The van der Waals surface area contributed by atoms with Crippen molar-refractivity contribution in [3.63, 3.8) is 0 Å². The monoisotopic (exact) mass is 457 g/mol. The van der Waals surface area contributed by atoms with Crippen molar-refractivity contribution in [2.75, 3.05) is 26.2 Å². The maximum atomic E-state index is 13.0. The molecule has 2 fully saturated rings. The van der Waals surface area contributed by atoms with Crippen LogP contribution in [0.2, 0.25) is 0 Å². The highest BCUT2D eigenvalue weighted by atomic mass is 32.2. The van der Waals surface area contributed by atoms with E-state index in [1.165, 1.54) is 30.2 Å². The molecule has 32 heavy (non-hydrogen) atoms. The van der Waals surface area contributed by atoms with Crippen LogP contribution in [-0.4, -0.2) is 63.2 Å². The summed E-state index contributed by atoms with van der Waals surface area (Å²) in [5, 5.41) is 12.8. The molecule has 1 amide bonds. The predicted octanol–water partition coefficient (Wildman–Crippen LogP) is 3.33. The quantitative estimate of drug-likeness (QED) is 0.552. The van der Waals surface area contributed by atoms with Gasteiger partial charge in [0.1, 0.15) is 5.82 Å². The van der Waals surface area contributed by atoms with E-state index >= 15 is 0 Å². The molecule has 8 heteroatoms. The van der Waals surface area contributed by atoms with Crippen LogP contribution in [0.1, 0.15) is 50.9 Å². The van der Waals surface area contributed by atoms with Crippen LogP contribution in [0.4, 0.5) is 0 Å². The lowest BCUT2D eigenvalue weighted by molar-refractivity contribution is -0.121. The highest BCUT2D eigenvalue weighted by Crippen LogP contribution is 2.29. The van der Waals surface area contributed by atoms with E-state index in [1.54, 1.807) is 0 Å². The molecule has 2 aliphatic rings. The van der Waals surface area contributed by atoms with Gasteiger partial charge in [0.2, 0.25) is 5.91 Å². The Labute approximate surface area is 195 Å². The second-order valence-electron chi connectivity index (χ2n) is 9.12. The minimum Gasteiger partial charge on any atom is -0.376 e. The van der Waals surface area contributed by atoms with Gasteiger partial charge < -0.3 is 14.6 Å². The Hall–Kier alpha value is -1.90. The third-order valence-corrected chi connectivity index (χ3v) is 7.69. The SMILES string of the molecule is CC(C)C(Sc1nnc(CN2CCCC2)n1Cc1ccccc1)C(=O)NCC1CCCO1. The number of aromatic nitrogens is 3. The van der Waals surface area contributed by atoms with E-state index in [-0.39, 0.29) is 23.2 Å². The average molecular weight is 458 g/mol. The Morgan fingerprint density at radius 2 is 1.94 bits per heavy atom. The second kappa shape index (κ2) is 11.3. The molecule has 2 aliphatic heterocycles. The van der Waals surface area contributed by atoms with E-state index < -0.39 is 0 Å². The number of thioether (sulfide) groups is 1. The maximum Gasteiger partial charge on any atom is 0.233 e. The first-order valence-corrected chi connectivity index (χ1v) is 12.7. The van der Waals surface area contributed by atoms with Gasteiger partial charge in [0.25, 0.3) is 0 Å². The fourth-order valence-electron chi connectivity index (χ4n) is 4.31. The molecule has 7 nitrogen and oxygen atoms in total. The maximum absolute atomic E-state index is 13.0. The molecule has 0 aliphatic carbocycles. The number of likely N-dealkylation sites (tertiary alicyclic amines) is 1. The van der Waals surface area contributed by atoms with Gasteiger partial charge in [0.05, 0.1) is 24.4 Å². The Morgan fingerprint density at radius 3 is 2.62 bits per heavy atom. The molecule has 3 heterocycles. The van der Waals surface area contributed by atoms with Crippen molar-refractivity contribution in [2.45, 2.75) is 69.1 Å². The molecule has 1 N–H and O–H groups in total. The normalized spacial score (nSPS) is 20.2. The number of rotatable bonds is 10. The molecule has 0 spiro atoms. The lowest BCUT2D eigenvalue weighted by atomic mass is 10.1. The number of benzene rings is 1. The van der Waals surface area contributed by atoms with E-state index in [4.69, 9.17) is 4.74 Å². The summed E-state index contributed by atoms with van der Waals surface area (Å²) in [5.41, 5.74) is 1.21. The molecular weight excluding hydrogens is 422 g/mol. The van der Waals surface area contributed by atoms with E-state index in [1.807, 2.05) is 6.07 Å². The van der Waals surface area contributed by atoms with Crippen molar-refractivity contribution >= 4 is 17.7 Å². The van der Waals surface area contributed by atoms with E-state index in [2.05, 4.69) is 63.1 Å². The number of nitrogens with one attached hydrogen (secondary N) is 1. The molecular formula is C24H35N5O2S. The number of nitrogens with zero attached hydrogens (tertiary/aromatic N) is 4. The van der Waals surface area contributed by atoms with Crippen LogP contribution in [0.25, 0.3) is 0 Å². The van der Waals surface area contributed by atoms with Gasteiger partial charge in [-0.3, -0.25) is 9.69 Å². The summed E-state index contributed by atoms with van der Waals surface area (Å²) in [7, 11) is 0. The van der Waals surface area contributed by atoms with Crippen molar-refractivity contribution in [3.05, 3.63) is 41.7 Å². The molecule has 4 rings (SSSR count). The molecule has 1 aromatic carbocycles. The fourth-order valence-corrected chi connectivity index (χ4v) is 5.39. The zero-order valence-corrected chi connectivity index (χ0v) is 20.0. The predicted molar refractivity (Wildman–Crippen MR) is 127 cm³/mol. The highest BCUT2D eigenvalue weighted by molar-refractivity contribution is 8.00. The Bertz CT molecular complexity index is 861. The molecule has 2 unspecified atom stereocenters. The lowest BCUT2D eigenvalue weighted by Gasteiger charge is -2.21. The van der Waals surface area contributed by atoms with Gasteiger partial charge >= 0.3 is 0 Å². The summed E-state index contributed by atoms with van der Waals surface area (Å²) in [6, 6.07) is 10.4. The molecule has 0 bridgehead atoms. The van der Waals surface area contributed by atoms with Crippen molar-refractivity contribution < 1.29 is 9.53 Å². The van der Waals surface area contributed by atoms with Gasteiger partial charge in [0, 0.05) is 13.2 Å². The molecule has 2 atom stereocenters. The summed E-state index contributed by atoms with van der Waals surface area (Å²) in [6.07, 6.45) is 4.73. The van der Waals surface area contributed by atoms with Crippen LogP contribution < -0.4 is 5.32 Å². The summed E-state index contributed by atoms with van der Waals surface area (Å²) in [5.74, 6) is 1.20. The fraction of sp³-hybridized carbons (Fsp3) is 0.625. The van der Waals surface area contributed by atoms with Gasteiger partial charge in [-0.1, -0.05) is 55.9 Å². The third-order valence-electron chi connectivity index (χ3n) is 6.16. The second-order valence-corrected chi connectivity index (χ2v) is 10.2. The van der Waals surface area contributed by atoms with Gasteiger partial charge in [-0.25, -0.2) is 0 Å². The summed E-state index contributed by atoms with van der Waals surface area (Å²) in [6.45, 7) is 9.30. The largest absolute Gasteiger partial charge is 0.376 e. The number of amides is 1. The number of ether oxygens (including phenoxy) is 1. The first-order valence-electron chi connectivity index (χ1n) is 11.8. The molecule has 0 saturated carbocycles. The van der Waals surface area contributed by atoms with E-state index in [9.17, 15) is 4.79 Å². The van der Waals surface area contributed by atoms with Crippen molar-refractivity contribution in [3.8, 4) is 0 Å². The molecule has 2 aromatic rings. The Balaban J connectivity index is 1.50. The van der Waals surface area contributed by atoms with Crippen LogP contribution in [0.15, 0.2) is 35.5 Å². The molecule has 0 radical (unpaired) electrons. The molecule has 174 valence electrons. The Kier molecular flexibility index (Phi) is 8.21. The molecule has 2 saturated heterocycles. The molecule has 1 aromatic heterocycles. The number of hydrogen-bond acceptors (Lipinski definition) is 6. The van der Waals surface area contributed by atoms with Crippen molar-refractivity contribution in [1.82, 2.24) is 25.0 Å².